The number of halogens is 1. The molecule has 2 aromatic rings. The predicted molar refractivity (Wildman–Crippen MR) is 53.8 cm³/mol. The number of hydrogen-bond donors (Lipinski definition) is 0. The maximum absolute atomic E-state index is 11.5. The molecule has 6 heteroatoms. The Hall–Kier alpha value is -1.62. The quantitative estimate of drug-likeness (QED) is 0.772. The molecule has 0 saturated carbocycles. The molecule has 0 aromatic carbocycles. The van der Waals surface area contributed by atoms with E-state index < -0.39 is 0 Å². The lowest BCUT2D eigenvalue weighted by atomic mass is 10.4. The molecule has 5 nitrogen and oxygen atoms in total. The van der Waals surface area contributed by atoms with Crippen LogP contribution in [0.1, 0.15) is 11.5 Å². The second-order valence-corrected chi connectivity index (χ2v) is 3.44. The minimum absolute atomic E-state index is 0.0438. The van der Waals surface area contributed by atoms with Crippen molar-refractivity contribution in [3.8, 4) is 0 Å². The molecule has 15 heavy (non-hydrogen) atoms. The highest BCUT2D eigenvalue weighted by Crippen LogP contribution is 2.03. The van der Waals surface area contributed by atoms with Gasteiger partial charge in [0, 0.05) is 18.5 Å². The van der Waals surface area contributed by atoms with Crippen molar-refractivity contribution >= 4 is 11.6 Å². The maximum atomic E-state index is 11.5. The van der Waals surface area contributed by atoms with Crippen LogP contribution >= 0.6 is 11.6 Å². The van der Waals surface area contributed by atoms with Gasteiger partial charge in [0.1, 0.15) is 11.5 Å². The summed E-state index contributed by atoms with van der Waals surface area (Å²) in [5.41, 5.74) is 0.344. The van der Waals surface area contributed by atoms with Crippen molar-refractivity contribution in [2.45, 2.75) is 13.5 Å². The van der Waals surface area contributed by atoms with Gasteiger partial charge in [-0.2, -0.15) is 0 Å². The monoisotopic (exact) mass is 225 g/mol. The van der Waals surface area contributed by atoms with Crippen LogP contribution in [-0.4, -0.2) is 14.7 Å². The summed E-state index contributed by atoms with van der Waals surface area (Å²) >= 11 is 5.60. The lowest BCUT2D eigenvalue weighted by Gasteiger charge is -2.01. The SMILES string of the molecule is Cc1cc(Cn2ccnc(Cl)c2=O)no1. The fraction of sp³-hybridized carbons (Fsp3) is 0.222. The van der Waals surface area contributed by atoms with Gasteiger partial charge in [-0.25, -0.2) is 4.98 Å². The van der Waals surface area contributed by atoms with Crippen LogP contribution in [0.5, 0.6) is 0 Å². The van der Waals surface area contributed by atoms with Gasteiger partial charge in [-0.1, -0.05) is 16.8 Å². The van der Waals surface area contributed by atoms with Crippen molar-refractivity contribution < 1.29 is 4.52 Å². The van der Waals surface area contributed by atoms with E-state index in [-0.39, 0.29) is 10.7 Å². The average molecular weight is 226 g/mol. The minimum atomic E-state index is -0.334. The van der Waals surface area contributed by atoms with Crippen LogP contribution in [0.4, 0.5) is 0 Å². The highest BCUT2D eigenvalue weighted by Gasteiger charge is 2.05. The number of aromatic nitrogens is 3. The first-order valence-corrected chi connectivity index (χ1v) is 4.68. The molecule has 0 aliphatic heterocycles. The van der Waals surface area contributed by atoms with Crippen LogP contribution in [0.25, 0.3) is 0 Å². The minimum Gasteiger partial charge on any atom is -0.361 e. The van der Waals surface area contributed by atoms with Crippen LogP contribution in [0.15, 0.2) is 27.8 Å². The third kappa shape index (κ3) is 2.07. The molecule has 0 N–H and O–H groups in total. The number of nitrogens with zero attached hydrogens (tertiary/aromatic N) is 3. The molecule has 0 aliphatic rings. The van der Waals surface area contributed by atoms with E-state index in [1.54, 1.807) is 19.2 Å². The molecule has 0 fully saturated rings. The first-order valence-electron chi connectivity index (χ1n) is 4.30. The van der Waals surface area contributed by atoms with Crippen LogP contribution in [0, 0.1) is 6.92 Å². The van der Waals surface area contributed by atoms with Crippen LogP contribution in [0.2, 0.25) is 5.15 Å². The Morgan fingerprint density at radius 2 is 2.40 bits per heavy atom. The van der Waals surface area contributed by atoms with Gasteiger partial charge in [-0.15, -0.1) is 0 Å². The zero-order valence-electron chi connectivity index (χ0n) is 7.98. The van der Waals surface area contributed by atoms with E-state index in [1.165, 1.54) is 10.8 Å². The lowest BCUT2D eigenvalue weighted by Crippen LogP contribution is -2.21. The lowest BCUT2D eigenvalue weighted by molar-refractivity contribution is 0.388. The molecule has 78 valence electrons. The van der Waals surface area contributed by atoms with Gasteiger partial charge >= 0.3 is 0 Å². The fourth-order valence-electron chi connectivity index (χ4n) is 1.21. The molecule has 2 heterocycles. The smallest absolute Gasteiger partial charge is 0.288 e. The molecule has 0 amide bonds. The van der Waals surface area contributed by atoms with Gasteiger partial charge < -0.3 is 9.09 Å². The van der Waals surface area contributed by atoms with Crippen molar-refractivity contribution in [3.05, 3.63) is 45.4 Å². The van der Waals surface area contributed by atoms with Gasteiger partial charge in [0.15, 0.2) is 5.15 Å². The van der Waals surface area contributed by atoms with Gasteiger partial charge in [-0.3, -0.25) is 4.79 Å². The molecular weight excluding hydrogens is 218 g/mol. The summed E-state index contributed by atoms with van der Waals surface area (Å²) in [4.78, 5) is 15.2. The normalized spacial score (nSPS) is 10.5. The van der Waals surface area contributed by atoms with Crippen LogP contribution in [0.3, 0.4) is 0 Å². The largest absolute Gasteiger partial charge is 0.361 e. The highest BCUT2D eigenvalue weighted by molar-refractivity contribution is 6.29. The summed E-state index contributed by atoms with van der Waals surface area (Å²) in [5.74, 6) is 0.707. The molecule has 2 aromatic heterocycles. The second-order valence-electron chi connectivity index (χ2n) is 3.08. The first kappa shape index (κ1) is 9.92. The predicted octanol–water partition coefficient (Wildman–Crippen LogP) is 1.24. The molecule has 0 radical (unpaired) electrons. The highest BCUT2D eigenvalue weighted by atomic mass is 35.5. The summed E-state index contributed by atoms with van der Waals surface area (Å²) in [6.45, 7) is 2.12. The fourth-order valence-corrected chi connectivity index (χ4v) is 1.38. The number of hydrogen-bond acceptors (Lipinski definition) is 4. The molecule has 0 atom stereocenters. The third-order valence-corrected chi connectivity index (χ3v) is 2.14. The number of aryl methyl sites for hydroxylation is 1. The third-order valence-electron chi connectivity index (χ3n) is 1.88. The van der Waals surface area contributed by atoms with Gasteiger partial charge in [0.2, 0.25) is 0 Å². The summed E-state index contributed by atoms with van der Waals surface area (Å²) in [6, 6.07) is 1.76. The van der Waals surface area contributed by atoms with E-state index >= 15 is 0 Å². The molecule has 0 spiro atoms. The van der Waals surface area contributed by atoms with E-state index in [2.05, 4.69) is 10.1 Å². The zero-order chi connectivity index (χ0) is 10.8. The van der Waals surface area contributed by atoms with Gasteiger partial charge in [-0.05, 0) is 6.92 Å². The van der Waals surface area contributed by atoms with Crippen LogP contribution in [-0.2, 0) is 6.54 Å². The Morgan fingerprint density at radius 3 is 3.07 bits per heavy atom. The van der Waals surface area contributed by atoms with E-state index in [9.17, 15) is 4.79 Å². The Kier molecular flexibility index (Phi) is 2.55. The van der Waals surface area contributed by atoms with Crippen molar-refractivity contribution in [1.82, 2.24) is 14.7 Å². The Labute approximate surface area is 90.3 Å². The van der Waals surface area contributed by atoms with Crippen molar-refractivity contribution in [2.24, 2.45) is 0 Å². The maximum Gasteiger partial charge on any atom is 0.288 e. The van der Waals surface area contributed by atoms with Gasteiger partial charge in [0.05, 0.1) is 6.54 Å². The zero-order valence-corrected chi connectivity index (χ0v) is 8.73. The Morgan fingerprint density at radius 1 is 1.60 bits per heavy atom. The van der Waals surface area contributed by atoms with Crippen molar-refractivity contribution in [2.75, 3.05) is 0 Å². The van der Waals surface area contributed by atoms with E-state index in [1.807, 2.05) is 0 Å². The topological polar surface area (TPSA) is 60.9 Å². The molecular formula is C9H8ClN3O2. The first-order chi connectivity index (χ1) is 7.16. The van der Waals surface area contributed by atoms with Crippen molar-refractivity contribution in [1.29, 1.82) is 0 Å². The average Bonchev–Trinajstić information content (AvgIpc) is 2.59. The summed E-state index contributed by atoms with van der Waals surface area (Å²) in [6.07, 6.45) is 3.02. The summed E-state index contributed by atoms with van der Waals surface area (Å²) in [5, 5.41) is 3.74. The molecule has 0 saturated heterocycles. The standard InChI is InChI=1S/C9H8ClN3O2/c1-6-4-7(12-15-6)5-13-3-2-11-8(10)9(13)14/h2-4H,5H2,1H3. The molecule has 0 aliphatic carbocycles. The van der Waals surface area contributed by atoms with Crippen molar-refractivity contribution in [3.63, 3.8) is 0 Å². The van der Waals surface area contributed by atoms with E-state index in [0.29, 0.717) is 18.0 Å². The van der Waals surface area contributed by atoms with E-state index in [4.69, 9.17) is 16.1 Å². The van der Waals surface area contributed by atoms with E-state index in [0.717, 1.165) is 0 Å². The Bertz CT molecular complexity index is 532. The molecule has 0 unspecified atom stereocenters. The van der Waals surface area contributed by atoms with Crippen LogP contribution < -0.4 is 5.56 Å². The molecule has 2 rings (SSSR count). The summed E-state index contributed by atoms with van der Waals surface area (Å²) < 4.78 is 6.32. The van der Waals surface area contributed by atoms with Gasteiger partial charge in [0.25, 0.3) is 5.56 Å². The summed E-state index contributed by atoms with van der Waals surface area (Å²) in [7, 11) is 0. The Balaban J connectivity index is 2.32. The molecule has 0 bridgehead atoms. The second kappa shape index (κ2) is 3.86. The number of rotatable bonds is 2.